The maximum absolute atomic E-state index is 13.8. The number of aromatic nitrogens is 1. The summed E-state index contributed by atoms with van der Waals surface area (Å²) in [7, 11) is 0. The average molecular weight is 363 g/mol. The van der Waals surface area contributed by atoms with Crippen LogP contribution >= 0.6 is 0 Å². The molecule has 0 saturated carbocycles. The number of carbonyl (C=O) groups excluding carboxylic acids is 1. The van der Waals surface area contributed by atoms with Gasteiger partial charge in [0, 0.05) is 18.8 Å². The Labute approximate surface area is 150 Å². The lowest BCUT2D eigenvalue weighted by atomic mass is 9.99. The minimum absolute atomic E-state index is 0.229. The van der Waals surface area contributed by atoms with Crippen molar-refractivity contribution in [2.24, 2.45) is 0 Å². The van der Waals surface area contributed by atoms with Crippen LogP contribution in [0.25, 0.3) is 0 Å². The number of pyridine rings is 1. The van der Waals surface area contributed by atoms with E-state index in [2.05, 4.69) is 22.1 Å². The van der Waals surface area contributed by atoms with E-state index >= 15 is 0 Å². The number of amides is 1. The summed E-state index contributed by atoms with van der Waals surface area (Å²) in [6.45, 7) is 3.02. The van der Waals surface area contributed by atoms with Gasteiger partial charge >= 0.3 is 0 Å². The van der Waals surface area contributed by atoms with Crippen LogP contribution in [0.5, 0.6) is 0 Å². The summed E-state index contributed by atoms with van der Waals surface area (Å²) in [5, 5.41) is 2.27. The van der Waals surface area contributed by atoms with E-state index in [-0.39, 0.29) is 5.56 Å². The van der Waals surface area contributed by atoms with Crippen molar-refractivity contribution in [3.63, 3.8) is 0 Å². The van der Waals surface area contributed by atoms with Crippen molar-refractivity contribution in [2.75, 3.05) is 16.8 Å². The average Bonchev–Trinajstić information content (AvgIpc) is 2.68. The number of hydrogen-bond donors (Lipinski definition) is 1. The van der Waals surface area contributed by atoms with Gasteiger partial charge in [-0.1, -0.05) is 6.92 Å². The Balaban J connectivity index is 1.81. The standard InChI is InChI=1S/C19H20F3N3O/c1-2-13-5-3-4-8-25(13)14-9-12(10-23-11-14)19(26)24-16-7-6-15(20)17(21)18(16)22/h6-7,9-11,13H,2-5,8H2,1H3,(H,24,26). The van der Waals surface area contributed by atoms with E-state index in [1.54, 1.807) is 12.3 Å². The van der Waals surface area contributed by atoms with Crippen molar-refractivity contribution in [1.82, 2.24) is 4.98 Å². The van der Waals surface area contributed by atoms with Crippen LogP contribution in [0.1, 0.15) is 43.0 Å². The van der Waals surface area contributed by atoms with Gasteiger partial charge in [0.05, 0.1) is 23.1 Å². The molecule has 1 N–H and O–H groups in total. The van der Waals surface area contributed by atoms with Gasteiger partial charge in [-0.2, -0.15) is 0 Å². The summed E-state index contributed by atoms with van der Waals surface area (Å²) in [6.07, 6.45) is 7.40. The Bertz CT molecular complexity index is 813. The maximum Gasteiger partial charge on any atom is 0.257 e. The second kappa shape index (κ2) is 7.76. The fourth-order valence-electron chi connectivity index (χ4n) is 3.29. The summed E-state index contributed by atoms with van der Waals surface area (Å²) in [5.74, 6) is -4.98. The molecule has 1 aliphatic heterocycles. The molecule has 1 aromatic carbocycles. The maximum atomic E-state index is 13.8. The summed E-state index contributed by atoms with van der Waals surface area (Å²) in [6, 6.07) is 3.84. The van der Waals surface area contributed by atoms with Crippen LogP contribution in [0.15, 0.2) is 30.6 Å². The minimum atomic E-state index is -1.62. The molecule has 3 rings (SSSR count). The Morgan fingerprint density at radius 3 is 2.81 bits per heavy atom. The van der Waals surface area contributed by atoms with Gasteiger partial charge in [-0.05, 0) is 43.9 Å². The summed E-state index contributed by atoms with van der Waals surface area (Å²) < 4.78 is 40.1. The molecule has 1 aromatic heterocycles. The zero-order chi connectivity index (χ0) is 18.7. The molecule has 138 valence electrons. The van der Waals surface area contributed by atoms with Gasteiger partial charge in [-0.3, -0.25) is 9.78 Å². The van der Waals surface area contributed by atoms with E-state index in [1.807, 2.05) is 0 Å². The Morgan fingerprint density at radius 1 is 1.23 bits per heavy atom. The molecule has 0 radical (unpaired) electrons. The highest BCUT2D eigenvalue weighted by molar-refractivity contribution is 6.04. The largest absolute Gasteiger partial charge is 0.367 e. The van der Waals surface area contributed by atoms with Crippen LogP contribution in [0.3, 0.4) is 0 Å². The van der Waals surface area contributed by atoms with Crippen LogP contribution in [-0.4, -0.2) is 23.5 Å². The van der Waals surface area contributed by atoms with Gasteiger partial charge in [0.15, 0.2) is 17.5 Å². The fraction of sp³-hybridized carbons (Fsp3) is 0.368. The van der Waals surface area contributed by atoms with Gasteiger partial charge in [0.25, 0.3) is 5.91 Å². The second-order valence-electron chi connectivity index (χ2n) is 6.36. The number of carbonyl (C=O) groups is 1. The molecule has 0 bridgehead atoms. The zero-order valence-corrected chi connectivity index (χ0v) is 14.4. The third-order valence-electron chi connectivity index (χ3n) is 4.70. The molecule has 0 spiro atoms. The first-order valence-electron chi connectivity index (χ1n) is 8.67. The number of nitrogens with zero attached hydrogens (tertiary/aromatic N) is 2. The number of hydrogen-bond acceptors (Lipinski definition) is 3. The smallest absolute Gasteiger partial charge is 0.257 e. The van der Waals surface area contributed by atoms with Gasteiger partial charge in [-0.25, -0.2) is 13.2 Å². The molecule has 1 atom stereocenters. The highest BCUT2D eigenvalue weighted by Gasteiger charge is 2.22. The van der Waals surface area contributed by atoms with E-state index in [0.29, 0.717) is 6.04 Å². The molecule has 2 aromatic rings. The van der Waals surface area contributed by atoms with Gasteiger partial charge < -0.3 is 10.2 Å². The molecule has 4 nitrogen and oxygen atoms in total. The van der Waals surface area contributed by atoms with Crippen LogP contribution in [0.4, 0.5) is 24.5 Å². The molecule has 1 aliphatic rings. The van der Waals surface area contributed by atoms with Crippen molar-refractivity contribution >= 4 is 17.3 Å². The molecule has 1 unspecified atom stereocenters. The molecule has 7 heteroatoms. The van der Waals surface area contributed by atoms with Crippen molar-refractivity contribution in [3.05, 3.63) is 53.6 Å². The van der Waals surface area contributed by atoms with E-state index in [1.165, 1.54) is 12.6 Å². The van der Waals surface area contributed by atoms with Crippen LogP contribution in [-0.2, 0) is 0 Å². The third-order valence-corrected chi connectivity index (χ3v) is 4.70. The molecular weight excluding hydrogens is 343 g/mol. The first-order valence-corrected chi connectivity index (χ1v) is 8.67. The van der Waals surface area contributed by atoms with Crippen LogP contribution < -0.4 is 10.2 Å². The lowest BCUT2D eigenvalue weighted by molar-refractivity contribution is 0.102. The normalized spacial score (nSPS) is 17.2. The topological polar surface area (TPSA) is 45.2 Å². The Hall–Kier alpha value is -2.57. The third kappa shape index (κ3) is 3.66. The number of benzene rings is 1. The highest BCUT2D eigenvalue weighted by Crippen LogP contribution is 2.27. The van der Waals surface area contributed by atoms with Gasteiger partial charge in [-0.15, -0.1) is 0 Å². The first kappa shape index (κ1) is 18.2. The number of nitrogens with one attached hydrogen (secondary N) is 1. The van der Waals surface area contributed by atoms with E-state index in [4.69, 9.17) is 0 Å². The summed E-state index contributed by atoms with van der Waals surface area (Å²) in [4.78, 5) is 18.7. The monoisotopic (exact) mass is 363 g/mol. The van der Waals surface area contributed by atoms with Crippen molar-refractivity contribution in [1.29, 1.82) is 0 Å². The SMILES string of the molecule is CCC1CCCCN1c1cncc(C(=O)Nc2ccc(F)c(F)c2F)c1. The van der Waals surface area contributed by atoms with Crippen LogP contribution in [0.2, 0.25) is 0 Å². The number of piperidine rings is 1. The quantitative estimate of drug-likeness (QED) is 0.813. The number of halogens is 3. The predicted molar refractivity (Wildman–Crippen MR) is 93.8 cm³/mol. The predicted octanol–water partition coefficient (Wildman–Crippen LogP) is 4.52. The minimum Gasteiger partial charge on any atom is -0.367 e. The lowest BCUT2D eigenvalue weighted by Crippen LogP contribution is -2.39. The molecule has 1 saturated heterocycles. The van der Waals surface area contributed by atoms with Crippen LogP contribution in [0, 0.1) is 17.5 Å². The highest BCUT2D eigenvalue weighted by atomic mass is 19.2. The summed E-state index contributed by atoms with van der Waals surface area (Å²) in [5.41, 5.74) is 0.644. The first-order chi connectivity index (χ1) is 12.5. The molecule has 26 heavy (non-hydrogen) atoms. The molecule has 0 aliphatic carbocycles. The lowest BCUT2D eigenvalue weighted by Gasteiger charge is -2.37. The summed E-state index contributed by atoms with van der Waals surface area (Å²) >= 11 is 0. The van der Waals surface area contributed by atoms with Gasteiger partial charge in [0.2, 0.25) is 0 Å². The van der Waals surface area contributed by atoms with Crippen molar-refractivity contribution in [3.8, 4) is 0 Å². The molecule has 1 fully saturated rings. The Kier molecular flexibility index (Phi) is 5.44. The number of anilines is 2. The van der Waals surface area contributed by atoms with E-state index in [0.717, 1.165) is 43.6 Å². The van der Waals surface area contributed by atoms with E-state index in [9.17, 15) is 18.0 Å². The number of rotatable bonds is 4. The Morgan fingerprint density at radius 2 is 2.04 bits per heavy atom. The van der Waals surface area contributed by atoms with E-state index < -0.39 is 29.0 Å². The molecule has 2 heterocycles. The van der Waals surface area contributed by atoms with Crippen molar-refractivity contribution in [2.45, 2.75) is 38.6 Å². The van der Waals surface area contributed by atoms with Gasteiger partial charge in [0.1, 0.15) is 0 Å². The second-order valence-corrected chi connectivity index (χ2v) is 6.36. The molecular formula is C19H20F3N3O. The molecule has 1 amide bonds. The van der Waals surface area contributed by atoms with Crippen molar-refractivity contribution < 1.29 is 18.0 Å². The zero-order valence-electron chi connectivity index (χ0n) is 14.4. The fourth-order valence-corrected chi connectivity index (χ4v) is 3.29.